The Morgan fingerprint density at radius 2 is 2.00 bits per heavy atom. The summed E-state index contributed by atoms with van der Waals surface area (Å²) in [6.45, 7) is 5.82. The molecule has 0 unspecified atom stereocenters. The van der Waals surface area contributed by atoms with Crippen LogP contribution in [-0.2, 0) is 4.79 Å². The smallest absolute Gasteiger partial charge is 0.321 e. The molecule has 1 aliphatic rings. The number of piperidine rings is 1. The van der Waals surface area contributed by atoms with Gasteiger partial charge in [-0.1, -0.05) is 19.9 Å². The Balaban J connectivity index is 1.70. The summed E-state index contributed by atoms with van der Waals surface area (Å²) in [7, 11) is 0. The van der Waals surface area contributed by atoms with Crippen LogP contribution in [0.25, 0.3) is 0 Å². The third-order valence-electron chi connectivity index (χ3n) is 4.35. The number of amides is 3. The van der Waals surface area contributed by atoms with E-state index in [0.717, 1.165) is 19.3 Å². The lowest BCUT2D eigenvalue weighted by Gasteiger charge is -2.32. The van der Waals surface area contributed by atoms with Crippen LogP contribution in [0.1, 0.15) is 33.1 Å². The van der Waals surface area contributed by atoms with Crippen molar-refractivity contribution in [1.29, 1.82) is 0 Å². The largest absolute Gasteiger partial charge is 0.356 e. The van der Waals surface area contributed by atoms with Crippen molar-refractivity contribution in [3.05, 3.63) is 30.1 Å². The van der Waals surface area contributed by atoms with Gasteiger partial charge < -0.3 is 15.5 Å². The predicted molar refractivity (Wildman–Crippen MR) is 92.2 cm³/mol. The van der Waals surface area contributed by atoms with Crippen molar-refractivity contribution in [1.82, 2.24) is 10.2 Å². The van der Waals surface area contributed by atoms with Crippen molar-refractivity contribution in [2.45, 2.75) is 33.1 Å². The average molecular weight is 335 g/mol. The van der Waals surface area contributed by atoms with E-state index in [-0.39, 0.29) is 23.7 Å². The van der Waals surface area contributed by atoms with Gasteiger partial charge in [-0.25, -0.2) is 9.18 Å². The summed E-state index contributed by atoms with van der Waals surface area (Å²) < 4.78 is 13.1. The second kappa shape index (κ2) is 8.66. The third-order valence-corrected chi connectivity index (χ3v) is 4.35. The lowest BCUT2D eigenvalue weighted by molar-refractivity contribution is -0.124. The number of halogens is 1. The first-order chi connectivity index (χ1) is 11.5. The molecule has 0 aromatic heterocycles. The van der Waals surface area contributed by atoms with Gasteiger partial charge in [0.2, 0.25) is 5.91 Å². The number of urea groups is 1. The molecule has 0 aliphatic carbocycles. The lowest BCUT2D eigenvalue weighted by Crippen LogP contribution is -2.41. The Morgan fingerprint density at radius 3 is 2.62 bits per heavy atom. The molecule has 24 heavy (non-hydrogen) atoms. The number of nitrogens with zero attached hydrogens (tertiary/aromatic N) is 1. The molecule has 0 spiro atoms. The first-order valence-corrected chi connectivity index (χ1v) is 8.55. The summed E-state index contributed by atoms with van der Waals surface area (Å²) >= 11 is 0. The lowest BCUT2D eigenvalue weighted by atomic mass is 9.93. The minimum Gasteiger partial charge on any atom is -0.356 e. The second-order valence-electron chi connectivity index (χ2n) is 6.61. The van der Waals surface area contributed by atoms with Crippen molar-refractivity contribution in [3.8, 4) is 0 Å². The Morgan fingerprint density at radius 1 is 1.29 bits per heavy atom. The number of hydrogen-bond donors (Lipinski definition) is 2. The molecule has 132 valence electrons. The summed E-state index contributed by atoms with van der Waals surface area (Å²) in [5, 5.41) is 5.66. The summed E-state index contributed by atoms with van der Waals surface area (Å²) in [5.74, 6) is 0.255. The first-order valence-electron chi connectivity index (χ1n) is 8.55. The van der Waals surface area contributed by atoms with Gasteiger partial charge in [0.15, 0.2) is 0 Å². The number of carbonyl (C=O) groups excluding carboxylic acids is 2. The Kier molecular flexibility index (Phi) is 6.58. The molecule has 0 saturated carbocycles. The van der Waals surface area contributed by atoms with Gasteiger partial charge in [0.25, 0.3) is 0 Å². The minimum absolute atomic E-state index is 0.0124. The van der Waals surface area contributed by atoms with E-state index in [0.29, 0.717) is 31.2 Å². The zero-order valence-corrected chi connectivity index (χ0v) is 14.3. The highest BCUT2D eigenvalue weighted by atomic mass is 19.1. The van der Waals surface area contributed by atoms with Crippen LogP contribution in [0.4, 0.5) is 14.9 Å². The number of anilines is 1. The van der Waals surface area contributed by atoms with E-state index in [4.69, 9.17) is 0 Å². The summed E-state index contributed by atoms with van der Waals surface area (Å²) in [6.07, 6.45) is 2.79. The molecule has 2 N–H and O–H groups in total. The van der Waals surface area contributed by atoms with E-state index >= 15 is 0 Å². The molecular formula is C18H26FN3O2. The van der Waals surface area contributed by atoms with E-state index in [1.165, 1.54) is 12.1 Å². The maximum absolute atomic E-state index is 13.1. The van der Waals surface area contributed by atoms with Crippen LogP contribution in [0.3, 0.4) is 0 Å². The van der Waals surface area contributed by atoms with Crippen molar-refractivity contribution in [3.63, 3.8) is 0 Å². The molecule has 1 aromatic carbocycles. The highest BCUT2D eigenvalue weighted by Gasteiger charge is 2.22. The standard InChI is InChI=1S/C18H26FN3O2/c1-13(2)17(23)20-9-6-14-7-10-22(11-8-14)18(24)21-16-5-3-4-15(19)12-16/h3-5,12-14H,6-11H2,1-2H3,(H,20,23)(H,21,24). The molecule has 2 rings (SSSR count). The molecule has 0 bridgehead atoms. The van der Waals surface area contributed by atoms with E-state index in [2.05, 4.69) is 10.6 Å². The molecule has 3 amide bonds. The van der Waals surface area contributed by atoms with Gasteiger partial charge in [-0.15, -0.1) is 0 Å². The van der Waals surface area contributed by atoms with Gasteiger partial charge in [0.1, 0.15) is 5.82 Å². The van der Waals surface area contributed by atoms with Crippen molar-refractivity contribution < 1.29 is 14.0 Å². The number of likely N-dealkylation sites (tertiary alicyclic amines) is 1. The normalized spacial score (nSPS) is 15.4. The van der Waals surface area contributed by atoms with Crippen molar-refractivity contribution in [2.24, 2.45) is 11.8 Å². The molecule has 6 heteroatoms. The van der Waals surface area contributed by atoms with Crippen LogP contribution in [0, 0.1) is 17.7 Å². The highest BCUT2D eigenvalue weighted by Crippen LogP contribution is 2.21. The molecule has 1 fully saturated rings. The number of nitrogens with one attached hydrogen (secondary N) is 2. The van der Waals surface area contributed by atoms with E-state index < -0.39 is 0 Å². The predicted octanol–water partition coefficient (Wildman–Crippen LogP) is 3.23. The zero-order chi connectivity index (χ0) is 17.5. The fourth-order valence-corrected chi connectivity index (χ4v) is 2.80. The fourth-order valence-electron chi connectivity index (χ4n) is 2.80. The van der Waals surface area contributed by atoms with Gasteiger partial charge in [0.05, 0.1) is 0 Å². The van der Waals surface area contributed by atoms with E-state index in [9.17, 15) is 14.0 Å². The third kappa shape index (κ3) is 5.51. The van der Waals surface area contributed by atoms with Crippen LogP contribution < -0.4 is 10.6 Å². The van der Waals surface area contributed by atoms with Gasteiger partial charge in [-0.05, 0) is 43.4 Å². The number of rotatable bonds is 5. The van der Waals surface area contributed by atoms with Crippen LogP contribution in [0.2, 0.25) is 0 Å². The Bertz CT molecular complexity index is 569. The summed E-state index contributed by atoms with van der Waals surface area (Å²) in [5.41, 5.74) is 0.471. The average Bonchev–Trinajstić information content (AvgIpc) is 2.55. The minimum atomic E-state index is -0.366. The SMILES string of the molecule is CC(C)C(=O)NCCC1CCN(C(=O)Nc2cccc(F)c2)CC1. The van der Waals surface area contributed by atoms with E-state index in [1.807, 2.05) is 13.8 Å². The van der Waals surface area contributed by atoms with Crippen LogP contribution in [-0.4, -0.2) is 36.5 Å². The zero-order valence-electron chi connectivity index (χ0n) is 14.3. The number of carbonyl (C=O) groups is 2. The van der Waals surface area contributed by atoms with Gasteiger partial charge in [-0.3, -0.25) is 4.79 Å². The maximum atomic E-state index is 13.1. The number of benzene rings is 1. The monoisotopic (exact) mass is 335 g/mol. The van der Waals surface area contributed by atoms with Gasteiger partial charge in [0, 0.05) is 31.2 Å². The fraction of sp³-hybridized carbons (Fsp3) is 0.556. The summed E-state index contributed by atoms with van der Waals surface area (Å²) in [6, 6.07) is 5.71. The molecule has 1 heterocycles. The first kappa shape index (κ1) is 18.2. The van der Waals surface area contributed by atoms with Gasteiger partial charge in [-0.2, -0.15) is 0 Å². The van der Waals surface area contributed by atoms with Crippen LogP contribution in [0.5, 0.6) is 0 Å². The van der Waals surface area contributed by atoms with Crippen molar-refractivity contribution in [2.75, 3.05) is 25.0 Å². The maximum Gasteiger partial charge on any atom is 0.321 e. The topological polar surface area (TPSA) is 61.4 Å². The Labute approximate surface area is 142 Å². The highest BCUT2D eigenvalue weighted by molar-refractivity contribution is 5.89. The molecule has 5 nitrogen and oxygen atoms in total. The second-order valence-corrected chi connectivity index (χ2v) is 6.61. The molecule has 0 atom stereocenters. The van der Waals surface area contributed by atoms with Crippen molar-refractivity contribution >= 4 is 17.6 Å². The Hall–Kier alpha value is -2.11. The molecule has 0 radical (unpaired) electrons. The number of hydrogen-bond acceptors (Lipinski definition) is 2. The molecular weight excluding hydrogens is 309 g/mol. The quantitative estimate of drug-likeness (QED) is 0.868. The van der Waals surface area contributed by atoms with Gasteiger partial charge >= 0.3 is 6.03 Å². The van der Waals surface area contributed by atoms with E-state index in [1.54, 1.807) is 17.0 Å². The molecule has 1 aliphatic heterocycles. The summed E-state index contributed by atoms with van der Waals surface area (Å²) in [4.78, 5) is 25.5. The molecule has 1 aromatic rings. The van der Waals surface area contributed by atoms with Crippen LogP contribution >= 0.6 is 0 Å². The molecule has 1 saturated heterocycles. The van der Waals surface area contributed by atoms with Crippen LogP contribution in [0.15, 0.2) is 24.3 Å².